The highest BCUT2D eigenvalue weighted by Gasteiger charge is 2.55. The Hall–Kier alpha value is -2.00. The van der Waals surface area contributed by atoms with E-state index in [1.807, 2.05) is 6.07 Å². The number of carbonyl (C=O) groups excluding carboxylic acids is 1. The Morgan fingerprint density at radius 1 is 1.36 bits per heavy atom. The predicted octanol–water partition coefficient (Wildman–Crippen LogP) is 3.20. The van der Waals surface area contributed by atoms with Crippen LogP contribution in [-0.4, -0.2) is 24.0 Å². The molecule has 1 aromatic rings. The van der Waals surface area contributed by atoms with Crippen molar-refractivity contribution in [2.45, 2.75) is 38.2 Å². The van der Waals surface area contributed by atoms with Crippen molar-refractivity contribution in [3.05, 3.63) is 35.4 Å². The van der Waals surface area contributed by atoms with Gasteiger partial charge in [-0.05, 0) is 30.5 Å². The Bertz CT molecular complexity index is 606. The van der Waals surface area contributed by atoms with Crippen LogP contribution in [0, 0.1) is 16.7 Å². The number of halogens is 2. The van der Waals surface area contributed by atoms with Gasteiger partial charge in [0.1, 0.15) is 5.41 Å². The van der Waals surface area contributed by atoms with Crippen molar-refractivity contribution in [1.29, 1.82) is 5.26 Å². The maximum absolute atomic E-state index is 13.3. The molecule has 1 heterocycles. The highest BCUT2D eigenvalue weighted by molar-refractivity contribution is 5.83. The molecule has 2 fully saturated rings. The quantitative estimate of drug-likeness (QED) is 0.861. The summed E-state index contributed by atoms with van der Waals surface area (Å²) in [6.45, 7) is 0.329. The number of hydrogen-bond acceptors (Lipinski definition) is 3. The fourth-order valence-electron chi connectivity index (χ4n) is 3.05. The van der Waals surface area contributed by atoms with Gasteiger partial charge in [-0.25, -0.2) is 13.8 Å². The number of hydrogen-bond donors (Lipinski definition) is 0. The fourth-order valence-corrected chi connectivity index (χ4v) is 3.05. The Labute approximate surface area is 127 Å². The zero-order chi connectivity index (χ0) is 15.7. The number of alkyl halides is 2. The molecule has 0 unspecified atom stereocenters. The molecule has 0 aromatic heterocycles. The lowest BCUT2D eigenvalue weighted by molar-refractivity contribution is -0.205. The molecule has 0 bridgehead atoms. The van der Waals surface area contributed by atoms with Crippen molar-refractivity contribution in [1.82, 2.24) is 5.06 Å². The first kappa shape index (κ1) is 14.9. The topological polar surface area (TPSA) is 53.3 Å². The minimum absolute atomic E-state index is 0.212. The predicted molar refractivity (Wildman–Crippen MR) is 73.6 cm³/mol. The normalized spacial score (nSPS) is 23.2. The SMILES string of the molecule is N#Cc1ccc([C@@H]2CCON2C(=O)C2(C(F)F)CCC2)cc1. The standard InChI is InChI=1S/C16H16F2N2O2/c17-14(18)16(7-1-8-16)15(21)20-13(6-9-22-20)12-4-2-11(10-19)3-5-12/h2-5,13-14H,1,6-9H2/t13-/m0/s1. The van der Waals surface area contributed by atoms with Crippen LogP contribution < -0.4 is 0 Å². The van der Waals surface area contributed by atoms with Crippen molar-refractivity contribution in [2.75, 3.05) is 6.61 Å². The highest BCUT2D eigenvalue weighted by atomic mass is 19.3. The van der Waals surface area contributed by atoms with Crippen molar-refractivity contribution in [3.8, 4) is 6.07 Å². The Morgan fingerprint density at radius 2 is 2.05 bits per heavy atom. The molecule has 3 rings (SSSR count). The van der Waals surface area contributed by atoms with Crippen LogP contribution in [0.1, 0.15) is 42.9 Å². The van der Waals surface area contributed by atoms with E-state index in [0.717, 1.165) is 10.6 Å². The molecule has 0 radical (unpaired) electrons. The minimum atomic E-state index is -2.67. The summed E-state index contributed by atoms with van der Waals surface area (Å²) in [6, 6.07) is 8.46. The number of nitriles is 1. The molecule has 1 aliphatic carbocycles. The van der Waals surface area contributed by atoms with Crippen molar-refractivity contribution < 1.29 is 18.4 Å². The van der Waals surface area contributed by atoms with E-state index in [4.69, 9.17) is 10.1 Å². The summed E-state index contributed by atoms with van der Waals surface area (Å²) in [7, 11) is 0. The third-order valence-electron chi connectivity index (χ3n) is 4.62. The average Bonchev–Trinajstić information content (AvgIpc) is 2.95. The van der Waals surface area contributed by atoms with Gasteiger partial charge in [0.2, 0.25) is 0 Å². The van der Waals surface area contributed by atoms with E-state index in [1.54, 1.807) is 24.3 Å². The van der Waals surface area contributed by atoms with Gasteiger partial charge >= 0.3 is 0 Å². The van der Waals surface area contributed by atoms with Crippen LogP contribution >= 0.6 is 0 Å². The Morgan fingerprint density at radius 3 is 2.55 bits per heavy atom. The van der Waals surface area contributed by atoms with Crippen LogP contribution in [0.4, 0.5) is 8.78 Å². The molecule has 22 heavy (non-hydrogen) atoms. The zero-order valence-electron chi connectivity index (χ0n) is 12.0. The van der Waals surface area contributed by atoms with Gasteiger partial charge in [0.05, 0.1) is 24.3 Å². The molecule has 1 aromatic carbocycles. The van der Waals surface area contributed by atoms with Gasteiger partial charge in [0.25, 0.3) is 12.3 Å². The van der Waals surface area contributed by atoms with Gasteiger partial charge in [-0.15, -0.1) is 0 Å². The molecule has 0 spiro atoms. The second-order valence-electron chi connectivity index (χ2n) is 5.81. The van der Waals surface area contributed by atoms with Crippen LogP contribution in [0.15, 0.2) is 24.3 Å². The van der Waals surface area contributed by atoms with Gasteiger partial charge < -0.3 is 0 Å². The highest BCUT2D eigenvalue weighted by Crippen LogP contribution is 2.49. The second kappa shape index (κ2) is 5.65. The summed E-state index contributed by atoms with van der Waals surface area (Å²) in [5.41, 5.74) is -0.257. The molecule has 1 saturated heterocycles. The van der Waals surface area contributed by atoms with Crippen molar-refractivity contribution >= 4 is 5.91 Å². The first-order valence-electron chi connectivity index (χ1n) is 7.33. The van der Waals surface area contributed by atoms with Gasteiger partial charge in [0, 0.05) is 6.42 Å². The third-order valence-corrected chi connectivity index (χ3v) is 4.62. The van der Waals surface area contributed by atoms with Crippen LogP contribution in [0.25, 0.3) is 0 Å². The van der Waals surface area contributed by atoms with Gasteiger partial charge in [-0.2, -0.15) is 5.26 Å². The van der Waals surface area contributed by atoms with Gasteiger partial charge in [-0.3, -0.25) is 9.63 Å². The molecule has 6 heteroatoms. The van der Waals surface area contributed by atoms with E-state index >= 15 is 0 Å². The lowest BCUT2D eigenvalue weighted by Crippen LogP contribution is -2.51. The first-order valence-corrected chi connectivity index (χ1v) is 7.33. The lowest BCUT2D eigenvalue weighted by atomic mass is 9.68. The summed E-state index contributed by atoms with van der Waals surface area (Å²) in [5.74, 6) is -0.611. The molecule has 4 nitrogen and oxygen atoms in total. The Balaban J connectivity index is 1.83. The summed E-state index contributed by atoms with van der Waals surface area (Å²) >= 11 is 0. The number of benzene rings is 1. The summed E-state index contributed by atoms with van der Waals surface area (Å²) in [5, 5.41) is 9.95. The number of nitrogens with zero attached hydrogens (tertiary/aromatic N) is 2. The summed E-state index contributed by atoms with van der Waals surface area (Å²) < 4.78 is 26.7. The number of amides is 1. The minimum Gasteiger partial charge on any atom is -0.272 e. The number of rotatable bonds is 3. The molecular weight excluding hydrogens is 290 g/mol. The van der Waals surface area contributed by atoms with Crippen LogP contribution in [-0.2, 0) is 9.63 Å². The van der Waals surface area contributed by atoms with Crippen LogP contribution in [0.2, 0.25) is 0 Å². The average molecular weight is 306 g/mol. The lowest BCUT2D eigenvalue weighted by Gasteiger charge is -2.42. The monoisotopic (exact) mass is 306 g/mol. The van der Waals surface area contributed by atoms with Crippen molar-refractivity contribution in [2.24, 2.45) is 5.41 Å². The Kier molecular flexibility index (Phi) is 3.83. The largest absolute Gasteiger partial charge is 0.272 e. The molecule has 1 atom stereocenters. The van der Waals surface area contributed by atoms with E-state index < -0.39 is 17.7 Å². The van der Waals surface area contributed by atoms with E-state index in [2.05, 4.69) is 0 Å². The van der Waals surface area contributed by atoms with Crippen molar-refractivity contribution in [3.63, 3.8) is 0 Å². The molecule has 1 aliphatic heterocycles. The van der Waals surface area contributed by atoms with Gasteiger partial charge in [-0.1, -0.05) is 18.6 Å². The van der Waals surface area contributed by atoms with E-state index in [1.165, 1.54) is 0 Å². The van der Waals surface area contributed by atoms with Crippen LogP contribution in [0.3, 0.4) is 0 Å². The number of hydroxylamine groups is 2. The molecule has 116 valence electrons. The third kappa shape index (κ3) is 2.26. The smallest absolute Gasteiger partial charge is 0.258 e. The summed E-state index contributed by atoms with van der Waals surface area (Å²) in [4.78, 5) is 17.9. The maximum atomic E-state index is 13.3. The summed E-state index contributed by atoms with van der Waals surface area (Å²) in [6.07, 6.45) is -1.03. The van der Waals surface area contributed by atoms with Crippen LogP contribution in [0.5, 0.6) is 0 Å². The van der Waals surface area contributed by atoms with E-state index in [9.17, 15) is 13.6 Å². The second-order valence-corrected chi connectivity index (χ2v) is 5.81. The molecule has 2 aliphatic rings. The molecule has 1 saturated carbocycles. The molecule has 0 N–H and O–H groups in total. The molecule has 1 amide bonds. The maximum Gasteiger partial charge on any atom is 0.258 e. The fraction of sp³-hybridized carbons (Fsp3) is 0.500. The van der Waals surface area contributed by atoms with Gasteiger partial charge in [0.15, 0.2) is 0 Å². The zero-order valence-corrected chi connectivity index (χ0v) is 12.0. The van der Waals surface area contributed by atoms with E-state index in [0.29, 0.717) is 25.0 Å². The number of carbonyl (C=O) groups is 1. The van der Waals surface area contributed by atoms with E-state index in [-0.39, 0.29) is 18.9 Å². The molecular formula is C16H16F2N2O2. The first-order chi connectivity index (χ1) is 10.6.